The first-order chi connectivity index (χ1) is 12.7. The highest BCUT2D eigenvalue weighted by Gasteiger charge is 2.14. The zero-order valence-corrected chi connectivity index (χ0v) is 13.9. The summed E-state index contributed by atoms with van der Waals surface area (Å²) in [5, 5.41) is 19.7. The van der Waals surface area contributed by atoms with Gasteiger partial charge >= 0.3 is 0 Å². The third-order valence-electron chi connectivity index (χ3n) is 3.58. The number of rotatable bonds is 3. The van der Waals surface area contributed by atoms with E-state index in [1.807, 2.05) is 6.07 Å². The van der Waals surface area contributed by atoms with Crippen LogP contribution in [0.3, 0.4) is 0 Å². The molecule has 2 aromatic carbocycles. The second-order valence-electron chi connectivity index (χ2n) is 5.23. The SMILES string of the molecule is N#Cc1cc(-c2nc3c(O)ncnc3s2)ccc1Oc1ccccc1F. The van der Waals surface area contributed by atoms with E-state index in [1.165, 1.54) is 29.8 Å². The highest BCUT2D eigenvalue weighted by Crippen LogP contribution is 2.35. The Morgan fingerprint density at radius 2 is 1.96 bits per heavy atom. The van der Waals surface area contributed by atoms with Gasteiger partial charge in [-0.15, -0.1) is 0 Å². The minimum absolute atomic E-state index is 0.0388. The topological polar surface area (TPSA) is 91.9 Å². The monoisotopic (exact) mass is 364 g/mol. The molecule has 2 heterocycles. The van der Waals surface area contributed by atoms with Crippen molar-refractivity contribution in [3.8, 4) is 34.0 Å². The number of benzene rings is 2. The Labute approximate surface area is 150 Å². The first-order valence-corrected chi connectivity index (χ1v) is 8.25. The maximum atomic E-state index is 13.8. The minimum atomic E-state index is -0.513. The molecule has 0 aliphatic carbocycles. The third-order valence-corrected chi connectivity index (χ3v) is 4.59. The fourth-order valence-electron chi connectivity index (χ4n) is 2.35. The van der Waals surface area contributed by atoms with Crippen LogP contribution in [0, 0.1) is 17.1 Å². The Kier molecular flexibility index (Phi) is 3.91. The molecule has 0 atom stereocenters. The molecule has 0 bridgehead atoms. The molecule has 1 N–H and O–H groups in total. The first kappa shape index (κ1) is 15.9. The lowest BCUT2D eigenvalue weighted by molar-refractivity contribution is 0.441. The normalized spacial score (nSPS) is 10.6. The molecular formula is C18H9FN4O2S. The smallest absolute Gasteiger partial charge is 0.242 e. The third kappa shape index (κ3) is 2.81. The van der Waals surface area contributed by atoms with Crippen molar-refractivity contribution in [3.63, 3.8) is 0 Å². The summed E-state index contributed by atoms with van der Waals surface area (Å²) in [6, 6.07) is 12.9. The average molecular weight is 364 g/mol. The summed E-state index contributed by atoms with van der Waals surface area (Å²) in [5.41, 5.74) is 1.20. The number of nitrogens with zero attached hydrogens (tertiary/aromatic N) is 4. The lowest BCUT2D eigenvalue weighted by Gasteiger charge is -2.09. The van der Waals surface area contributed by atoms with E-state index in [-0.39, 0.29) is 22.9 Å². The molecule has 8 heteroatoms. The van der Waals surface area contributed by atoms with E-state index < -0.39 is 5.82 Å². The summed E-state index contributed by atoms with van der Waals surface area (Å²) >= 11 is 1.26. The molecule has 2 aromatic heterocycles. The number of para-hydroxylation sites is 1. The van der Waals surface area contributed by atoms with Gasteiger partial charge in [0.05, 0.1) is 5.56 Å². The van der Waals surface area contributed by atoms with Gasteiger partial charge in [-0.05, 0) is 30.3 Å². The first-order valence-electron chi connectivity index (χ1n) is 7.43. The molecular weight excluding hydrogens is 355 g/mol. The van der Waals surface area contributed by atoms with E-state index in [9.17, 15) is 14.8 Å². The number of thiazole rings is 1. The zero-order chi connectivity index (χ0) is 18.1. The van der Waals surface area contributed by atoms with Crippen molar-refractivity contribution in [2.24, 2.45) is 0 Å². The van der Waals surface area contributed by atoms with Crippen molar-refractivity contribution in [1.29, 1.82) is 5.26 Å². The van der Waals surface area contributed by atoms with Crippen LogP contribution in [0.15, 0.2) is 48.8 Å². The number of nitriles is 1. The average Bonchev–Trinajstić information content (AvgIpc) is 3.09. The second-order valence-corrected chi connectivity index (χ2v) is 6.20. The number of fused-ring (bicyclic) bond motifs is 1. The van der Waals surface area contributed by atoms with Crippen molar-refractivity contribution in [2.75, 3.05) is 0 Å². The number of ether oxygens (including phenoxy) is 1. The molecule has 4 rings (SSSR count). The van der Waals surface area contributed by atoms with E-state index in [4.69, 9.17) is 4.74 Å². The van der Waals surface area contributed by atoms with Crippen LogP contribution in [0.5, 0.6) is 17.4 Å². The minimum Gasteiger partial charge on any atom is -0.492 e. The number of hydrogen-bond acceptors (Lipinski definition) is 7. The molecule has 6 nitrogen and oxygen atoms in total. The van der Waals surface area contributed by atoms with Gasteiger partial charge in [0.1, 0.15) is 23.2 Å². The van der Waals surface area contributed by atoms with Crippen LogP contribution < -0.4 is 4.74 Å². The van der Waals surface area contributed by atoms with E-state index in [0.717, 1.165) is 0 Å². The fraction of sp³-hybridized carbons (Fsp3) is 0. The van der Waals surface area contributed by atoms with Crippen LogP contribution in [0.2, 0.25) is 0 Å². The predicted molar refractivity (Wildman–Crippen MR) is 93.5 cm³/mol. The van der Waals surface area contributed by atoms with E-state index in [2.05, 4.69) is 15.0 Å². The molecule has 0 radical (unpaired) electrons. The summed E-state index contributed by atoms with van der Waals surface area (Å²) in [4.78, 5) is 12.6. The van der Waals surface area contributed by atoms with Gasteiger partial charge in [0.15, 0.2) is 21.9 Å². The molecule has 0 spiro atoms. The molecule has 4 aromatic rings. The molecule has 126 valence electrons. The largest absolute Gasteiger partial charge is 0.492 e. The maximum absolute atomic E-state index is 13.8. The van der Waals surface area contributed by atoms with Gasteiger partial charge < -0.3 is 9.84 Å². The van der Waals surface area contributed by atoms with E-state index >= 15 is 0 Å². The van der Waals surface area contributed by atoms with Crippen molar-refractivity contribution < 1.29 is 14.2 Å². The molecule has 0 fully saturated rings. The molecule has 0 saturated heterocycles. The standard InChI is InChI=1S/C18H9FN4O2S/c19-12-3-1-2-4-14(12)25-13-6-5-10(7-11(13)8-20)17-23-15-16(24)21-9-22-18(15)26-17/h1-7,9H,(H,21,22,24). The predicted octanol–water partition coefficient (Wildman–Crippen LogP) is 4.26. The van der Waals surface area contributed by atoms with Gasteiger partial charge in [-0.2, -0.15) is 10.2 Å². The number of hydrogen-bond donors (Lipinski definition) is 1. The molecule has 0 amide bonds. The molecule has 26 heavy (non-hydrogen) atoms. The molecule has 0 aliphatic rings. The Morgan fingerprint density at radius 3 is 2.73 bits per heavy atom. The Bertz CT molecular complexity index is 1170. The zero-order valence-electron chi connectivity index (χ0n) is 13.0. The number of aromatic nitrogens is 3. The fourth-order valence-corrected chi connectivity index (χ4v) is 3.25. The number of halogens is 1. The number of aromatic hydroxyl groups is 1. The van der Waals surface area contributed by atoms with Crippen molar-refractivity contribution in [1.82, 2.24) is 15.0 Å². The second kappa shape index (κ2) is 6.38. The van der Waals surface area contributed by atoms with Crippen LogP contribution in [0.1, 0.15) is 5.56 Å². The summed E-state index contributed by atoms with van der Waals surface area (Å²) in [6.45, 7) is 0. The van der Waals surface area contributed by atoms with Crippen LogP contribution in [0.25, 0.3) is 20.9 Å². The van der Waals surface area contributed by atoms with Crippen molar-refractivity contribution in [3.05, 3.63) is 60.2 Å². The highest BCUT2D eigenvalue weighted by atomic mass is 32.1. The summed E-state index contributed by atoms with van der Waals surface area (Å²) in [5.74, 6) is -0.430. The van der Waals surface area contributed by atoms with Crippen LogP contribution >= 0.6 is 11.3 Å². The van der Waals surface area contributed by atoms with E-state index in [0.29, 0.717) is 20.9 Å². The van der Waals surface area contributed by atoms with Gasteiger partial charge in [0.2, 0.25) is 5.88 Å². The van der Waals surface area contributed by atoms with Gasteiger partial charge in [-0.1, -0.05) is 23.5 Å². The highest BCUT2D eigenvalue weighted by molar-refractivity contribution is 7.21. The van der Waals surface area contributed by atoms with Gasteiger partial charge in [0.25, 0.3) is 0 Å². The Hall–Kier alpha value is -3.57. The van der Waals surface area contributed by atoms with Crippen LogP contribution in [0.4, 0.5) is 4.39 Å². The summed E-state index contributed by atoms with van der Waals surface area (Å²) in [7, 11) is 0. The quantitative estimate of drug-likeness (QED) is 0.584. The molecule has 0 saturated carbocycles. The van der Waals surface area contributed by atoms with E-state index in [1.54, 1.807) is 30.3 Å². The lowest BCUT2D eigenvalue weighted by atomic mass is 10.1. The van der Waals surface area contributed by atoms with Crippen molar-refractivity contribution >= 4 is 21.7 Å². The van der Waals surface area contributed by atoms with Crippen LogP contribution in [-0.4, -0.2) is 20.1 Å². The summed E-state index contributed by atoms with van der Waals surface area (Å²) in [6.07, 6.45) is 1.26. The van der Waals surface area contributed by atoms with Gasteiger partial charge in [-0.3, -0.25) is 0 Å². The maximum Gasteiger partial charge on any atom is 0.242 e. The van der Waals surface area contributed by atoms with Gasteiger partial charge in [0, 0.05) is 5.56 Å². The summed E-state index contributed by atoms with van der Waals surface area (Å²) < 4.78 is 19.3. The van der Waals surface area contributed by atoms with Gasteiger partial charge in [-0.25, -0.2) is 14.4 Å². The molecule has 0 unspecified atom stereocenters. The lowest BCUT2D eigenvalue weighted by Crippen LogP contribution is -1.91. The van der Waals surface area contributed by atoms with Crippen molar-refractivity contribution in [2.45, 2.75) is 0 Å². The Morgan fingerprint density at radius 1 is 1.12 bits per heavy atom. The molecule has 0 aliphatic heterocycles. The van der Waals surface area contributed by atoms with Crippen LogP contribution in [-0.2, 0) is 0 Å². The Balaban J connectivity index is 1.74.